The van der Waals surface area contributed by atoms with E-state index >= 15 is 0 Å². The molecule has 102 valence electrons. The van der Waals surface area contributed by atoms with Gasteiger partial charge >= 0.3 is 0 Å². The van der Waals surface area contributed by atoms with E-state index in [1.54, 1.807) is 13.0 Å². The Morgan fingerprint density at radius 1 is 1.28 bits per heavy atom. The minimum Gasteiger partial charge on any atom is -0.489 e. The van der Waals surface area contributed by atoms with E-state index in [0.717, 1.165) is 32.4 Å². The van der Waals surface area contributed by atoms with Gasteiger partial charge in [-0.3, -0.25) is 0 Å². The molecule has 0 aliphatic carbocycles. The molecule has 0 aliphatic rings. The van der Waals surface area contributed by atoms with Crippen LogP contribution in [0.1, 0.15) is 38.7 Å². The predicted molar refractivity (Wildman–Crippen MR) is 73.6 cm³/mol. The highest BCUT2D eigenvalue weighted by molar-refractivity contribution is 5.28. The predicted octanol–water partition coefficient (Wildman–Crippen LogP) is 3.68. The Bertz CT molecular complexity index is 354. The van der Waals surface area contributed by atoms with Crippen molar-refractivity contribution in [1.82, 2.24) is 5.32 Å². The zero-order chi connectivity index (χ0) is 13.4. The van der Waals surface area contributed by atoms with Crippen LogP contribution in [0.25, 0.3) is 0 Å². The van der Waals surface area contributed by atoms with Gasteiger partial charge in [-0.1, -0.05) is 26.3 Å². The maximum Gasteiger partial charge on any atom is 0.129 e. The third kappa shape index (κ3) is 5.05. The average molecular weight is 253 g/mol. The molecule has 0 spiro atoms. The monoisotopic (exact) mass is 253 g/mol. The zero-order valence-electron chi connectivity index (χ0n) is 11.6. The summed E-state index contributed by atoms with van der Waals surface area (Å²) in [5.41, 5.74) is 0.651. The maximum absolute atomic E-state index is 13.4. The van der Waals surface area contributed by atoms with Crippen molar-refractivity contribution in [3.8, 4) is 5.75 Å². The quantitative estimate of drug-likeness (QED) is 0.714. The summed E-state index contributed by atoms with van der Waals surface area (Å²) in [4.78, 5) is 0. The van der Waals surface area contributed by atoms with Gasteiger partial charge in [0.1, 0.15) is 17.7 Å². The Hall–Kier alpha value is -1.09. The molecule has 1 aromatic rings. The SMILES string of the molecule is CCCNCC(CCC)Oc1ccc(C)c(F)c1. The highest BCUT2D eigenvalue weighted by Gasteiger charge is 2.10. The Morgan fingerprint density at radius 2 is 2.06 bits per heavy atom. The normalized spacial score (nSPS) is 12.4. The van der Waals surface area contributed by atoms with Crippen LogP contribution in [0.5, 0.6) is 5.75 Å². The molecule has 0 aliphatic heterocycles. The average Bonchev–Trinajstić information content (AvgIpc) is 2.34. The van der Waals surface area contributed by atoms with Crippen molar-refractivity contribution < 1.29 is 9.13 Å². The van der Waals surface area contributed by atoms with Gasteiger partial charge < -0.3 is 10.1 Å². The van der Waals surface area contributed by atoms with Gasteiger partial charge in [0.15, 0.2) is 0 Å². The topological polar surface area (TPSA) is 21.3 Å². The molecule has 1 aromatic carbocycles. The summed E-state index contributed by atoms with van der Waals surface area (Å²) >= 11 is 0. The van der Waals surface area contributed by atoms with Crippen LogP contribution in [-0.4, -0.2) is 19.2 Å². The molecular weight excluding hydrogens is 229 g/mol. The van der Waals surface area contributed by atoms with Crippen LogP contribution >= 0.6 is 0 Å². The molecule has 0 amide bonds. The molecule has 0 saturated carbocycles. The van der Waals surface area contributed by atoms with Crippen molar-refractivity contribution in [2.75, 3.05) is 13.1 Å². The summed E-state index contributed by atoms with van der Waals surface area (Å²) in [6.45, 7) is 7.83. The van der Waals surface area contributed by atoms with E-state index in [9.17, 15) is 4.39 Å². The number of nitrogens with one attached hydrogen (secondary N) is 1. The van der Waals surface area contributed by atoms with E-state index in [-0.39, 0.29) is 11.9 Å². The molecule has 0 bridgehead atoms. The fourth-order valence-electron chi connectivity index (χ4n) is 1.80. The number of hydrogen-bond acceptors (Lipinski definition) is 2. The number of ether oxygens (including phenoxy) is 1. The lowest BCUT2D eigenvalue weighted by molar-refractivity contribution is 0.186. The van der Waals surface area contributed by atoms with Crippen LogP contribution in [0.4, 0.5) is 4.39 Å². The Balaban J connectivity index is 2.55. The van der Waals surface area contributed by atoms with Crippen LogP contribution < -0.4 is 10.1 Å². The Morgan fingerprint density at radius 3 is 2.67 bits per heavy atom. The van der Waals surface area contributed by atoms with Crippen molar-refractivity contribution in [2.45, 2.75) is 46.1 Å². The standard InChI is InChI=1S/C15H24FNO/c1-4-6-14(11-17-9-5-2)18-13-8-7-12(3)15(16)10-13/h7-8,10,14,17H,4-6,9,11H2,1-3H3. The lowest BCUT2D eigenvalue weighted by Gasteiger charge is -2.19. The zero-order valence-corrected chi connectivity index (χ0v) is 11.6. The van der Waals surface area contributed by atoms with Gasteiger partial charge in [-0.2, -0.15) is 0 Å². The van der Waals surface area contributed by atoms with Crippen LogP contribution in [0.15, 0.2) is 18.2 Å². The lowest BCUT2D eigenvalue weighted by atomic mass is 10.2. The summed E-state index contributed by atoms with van der Waals surface area (Å²) in [5, 5.41) is 3.35. The van der Waals surface area contributed by atoms with Crippen LogP contribution in [0.2, 0.25) is 0 Å². The number of benzene rings is 1. The molecule has 0 fully saturated rings. The maximum atomic E-state index is 13.4. The van der Waals surface area contributed by atoms with Crippen LogP contribution in [0.3, 0.4) is 0 Å². The number of halogens is 1. The summed E-state index contributed by atoms with van der Waals surface area (Å²) in [6.07, 6.45) is 3.26. The first-order valence-electron chi connectivity index (χ1n) is 6.80. The summed E-state index contributed by atoms with van der Waals surface area (Å²) < 4.78 is 19.3. The minimum atomic E-state index is -0.204. The summed E-state index contributed by atoms with van der Waals surface area (Å²) in [5.74, 6) is 0.416. The molecule has 1 N–H and O–H groups in total. The molecule has 1 unspecified atom stereocenters. The van der Waals surface area contributed by atoms with Crippen LogP contribution in [-0.2, 0) is 0 Å². The van der Waals surface area contributed by atoms with E-state index in [2.05, 4.69) is 19.2 Å². The lowest BCUT2D eigenvalue weighted by Crippen LogP contribution is -2.31. The molecule has 0 heterocycles. The second kappa shape index (κ2) is 8.09. The smallest absolute Gasteiger partial charge is 0.129 e. The first-order chi connectivity index (χ1) is 8.67. The van der Waals surface area contributed by atoms with E-state index in [1.165, 1.54) is 6.07 Å². The fourth-order valence-corrected chi connectivity index (χ4v) is 1.80. The second-order valence-corrected chi connectivity index (χ2v) is 4.64. The van der Waals surface area contributed by atoms with Crippen molar-refractivity contribution in [2.24, 2.45) is 0 Å². The van der Waals surface area contributed by atoms with Crippen molar-refractivity contribution in [3.63, 3.8) is 0 Å². The van der Waals surface area contributed by atoms with Gasteiger partial charge in [-0.15, -0.1) is 0 Å². The highest BCUT2D eigenvalue weighted by atomic mass is 19.1. The van der Waals surface area contributed by atoms with Gasteiger partial charge in [0.2, 0.25) is 0 Å². The Kier molecular flexibility index (Phi) is 6.73. The number of rotatable bonds is 8. The van der Waals surface area contributed by atoms with Crippen molar-refractivity contribution in [3.05, 3.63) is 29.6 Å². The first kappa shape index (κ1) is 15.0. The van der Waals surface area contributed by atoms with Gasteiger partial charge in [-0.05, 0) is 37.9 Å². The van der Waals surface area contributed by atoms with Crippen molar-refractivity contribution in [1.29, 1.82) is 0 Å². The second-order valence-electron chi connectivity index (χ2n) is 4.64. The minimum absolute atomic E-state index is 0.114. The van der Waals surface area contributed by atoms with E-state index < -0.39 is 0 Å². The summed E-state index contributed by atoms with van der Waals surface area (Å²) in [7, 11) is 0. The Labute approximate surface area is 110 Å². The molecule has 0 saturated heterocycles. The van der Waals surface area contributed by atoms with Gasteiger partial charge in [0, 0.05) is 12.6 Å². The van der Waals surface area contributed by atoms with Gasteiger partial charge in [-0.25, -0.2) is 4.39 Å². The van der Waals surface area contributed by atoms with E-state index in [0.29, 0.717) is 11.3 Å². The third-order valence-electron chi connectivity index (χ3n) is 2.86. The summed E-state index contributed by atoms with van der Waals surface area (Å²) in [6, 6.07) is 5.06. The van der Waals surface area contributed by atoms with Crippen LogP contribution in [0, 0.1) is 12.7 Å². The highest BCUT2D eigenvalue weighted by Crippen LogP contribution is 2.18. The largest absolute Gasteiger partial charge is 0.489 e. The molecule has 0 aromatic heterocycles. The van der Waals surface area contributed by atoms with Gasteiger partial charge in [0.05, 0.1) is 0 Å². The van der Waals surface area contributed by atoms with E-state index in [4.69, 9.17) is 4.74 Å². The van der Waals surface area contributed by atoms with E-state index in [1.807, 2.05) is 6.07 Å². The molecular formula is C15H24FNO. The van der Waals surface area contributed by atoms with Crippen molar-refractivity contribution >= 4 is 0 Å². The fraction of sp³-hybridized carbons (Fsp3) is 0.600. The third-order valence-corrected chi connectivity index (χ3v) is 2.86. The first-order valence-corrected chi connectivity index (χ1v) is 6.80. The molecule has 1 atom stereocenters. The number of hydrogen-bond donors (Lipinski definition) is 1. The molecule has 18 heavy (non-hydrogen) atoms. The van der Waals surface area contributed by atoms with Gasteiger partial charge in [0.25, 0.3) is 0 Å². The number of aryl methyl sites for hydroxylation is 1. The molecule has 3 heteroatoms. The molecule has 1 rings (SSSR count). The molecule has 2 nitrogen and oxygen atoms in total. The molecule has 0 radical (unpaired) electrons.